The Morgan fingerprint density at radius 1 is 1.42 bits per heavy atom. The van der Waals surface area contributed by atoms with E-state index in [0.29, 0.717) is 36.7 Å². The SMILES string of the molecule is CCOC(=O)c1c(C)n([C@H](C)C2CCC(=O)CC2)c2ncccc12. The highest BCUT2D eigenvalue weighted by Crippen LogP contribution is 2.36. The summed E-state index contributed by atoms with van der Waals surface area (Å²) in [5.41, 5.74) is 2.33. The van der Waals surface area contributed by atoms with Gasteiger partial charge in [-0.15, -0.1) is 0 Å². The first-order valence-electron chi connectivity index (χ1n) is 8.69. The predicted molar refractivity (Wildman–Crippen MR) is 92.1 cm³/mol. The van der Waals surface area contributed by atoms with Gasteiger partial charge in [0.1, 0.15) is 11.4 Å². The summed E-state index contributed by atoms with van der Waals surface area (Å²) in [5, 5.41) is 0.840. The van der Waals surface area contributed by atoms with Gasteiger partial charge in [-0.05, 0) is 51.7 Å². The van der Waals surface area contributed by atoms with Crippen molar-refractivity contribution in [2.75, 3.05) is 6.61 Å². The number of rotatable bonds is 4. The van der Waals surface area contributed by atoms with Gasteiger partial charge in [0.15, 0.2) is 0 Å². The lowest BCUT2D eigenvalue weighted by Crippen LogP contribution is -2.23. The molecule has 2 aromatic heterocycles. The van der Waals surface area contributed by atoms with Gasteiger partial charge in [-0.3, -0.25) is 4.79 Å². The molecule has 2 heterocycles. The van der Waals surface area contributed by atoms with Gasteiger partial charge in [-0.1, -0.05) is 0 Å². The van der Waals surface area contributed by atoms with Crippen LogP contribution in [0.2, 0.25) is 0 Å². The molecule has 128 valence electrons. The van der Waals surface area contributed by atoms with E-state index in [0.717, 1.165) is 29.6 Å². The van der Waals surface area contributed by atoms with E-state index in [1.807, 2.05) is 26.0 Å². The van der Waals surface area contributed by atoms with Crippen molar-refractivity contribution < 1.29 is 14.3 Å². The van der Waals surface area contributed by atoms with Crippen molar-refractivity contribution in [2.45, 2.75) is 52.5 Å². The highest BCUT2D eigenvalue weighted by molar-refractivity contribution is 6.05. The summed E-state index contributed by atoms with van der Waals surface area (Å²) in [5.74, 6) is 0.490. The summed E-state index contributed by atoms with van der Waals surface area (Å²) in [7, 11) is 0. The van der Waals surface area contributed by atoms with Gasteiger partial charge in [0.25, 0.3) is 0 Å². The first-order chi connectivity index (χ1) is 11.5. The zero-order valence-electron chi connectivity index (χ0n) is 14.5. The molecule has 3 rings (SSSR count). The minimum absolute atomic E-state index is 0.193. The average molecular weight is 328 g/mol. The Balaban J connectivity index is 2.06. The van der Waals surface area contributed by atoms with Crippen LogP contribution in [0.1, 0.15) is 61.6 Å². The quantitative estimate of drug-likeness (QED) is 0.800. The predicted octanol–water partition coefficient (Wildman–Crippen LogP) is 3.84. The maximum atomic E-state index is 12.4. The van der Waals surface area contributed by atoms with Crippen LogP contribution >= 0.6 is 0 Å². The van der Waals surface area contributed by atoms with Crippen molar-refractivity contribution in [1.29, 1.82) is 0 Å². The number of carbonyl (C=O) groups is 2. The zero-order valence-corrected chi connectivity index (χ0v) is 14.5. The molecule has 0 spiro atoms. The Bertz CT molecular complexity index is 768. The van der Waals surface area contributed by atoms with Crippen LogP contribution in [-0.4, -0.2) is 27.9 Å². The second-order valence-corrected chi connectivity index (χ2v) is 6.54. The molecule has 5 heteroatoms. The lowest BCUT2D eigenvalue weighted by molar-refractivity contribution is -0.121. The molecule has 5 nitrogen and oxygen atoms in total. The fraction of sp³-hybridized carbons (Fsp3) is 0.526. The number of hydrogen-bond donors (Lipinski definition) is 0. The Hall–Kier alpha value is -2.17. The van der Waals surface area contributed by atoms with E-state index in [-0.39, 0.29) is 12.0 Å². The summed E-state index contributed by atoms with van der Waals surface area (Å²) in [6, 6.07) is 3.97. The van der Waals surface area contributed by atoms with Crippen LogP contribution in [0.25, 0.3) is 11.0 Å². The van der Waals surface area contributed by atoms with Crippen LogP contribution in [0, 0.1) is 12.8 Å². The van der Waals surface area contributed by atoms with E-state index in [9.17, 15) is 9.59 Å². The number of nitrogens with zero attached hydrogens (tertiary/aromatic N) is 2. The van der Waals surface area contributed by atoms with Crippen molar-refractivity contribution in [2.24, 2.45) is 5.92 Å². The minimum Gasteiger partial charge on any atom is -0.462 e. The lowest BCUT2D eigenvalue weighted by Gasteiger charge is -2.29. The molecule has 0 saturated heterocycles. The number of Topliss-reactive ketones (excluding diaryl/α,β-unsaturated/α-hetero) is 1. The molecular formula is C19H24N2O3. The van der Waals surface area contributed by atoms with Crippen molar-refractivity contribution in [3.05, 3.63) is 29.6 Å². The number of hydrogen-bond acceptors (Lipinski definition) is 4. The van der Waals surface area contributed by atoms with Gasteiger partial charge in [-0.2, -0.15) is 0 Å². The van der Waals surface area contributed by atoms with E-state index < -0.39 is 0 Å². The number of ketones is 1. The molecule has 1 saturated carbocycles. The highest BCUT2D eigenvalue weighted by Gasteiger charge is 2.29. The van der Waals surface area contributed by atoms with Gasteiger partial charge in [0, 0.05) is 36.2 Å². The number of fused-ring (bicyclic) bond motifs is 1. The molecule has 1 fully saturated rings. The number of aromatic nitrogens is 2. The maximum Gasteiger partial charge on any atom is 0.340 e. The standard InChI is InChI=1S/C19H24N2O3/c1-4-24-19(23)17-13(3)21(18-16(17)6-5-11-20-18)12(2)14-7-9-15(22)10-8-14/h5-6,11-12,14H,4,7-10H2,1-3H3/t12-/m1/s1. The summed E-state index contributed by atoms with van der Waals surface area (Å²) in [6.45, 7) is 6.28. The lowest BCUT2D eigenvalue weighted by atomic mass is 9.84. The third-order valence-corrected chi connectivity index (χ3v) is 5.16. The molecule has 2 aromatic rings. The first kappa shape index (κ1) is 16.7. The highest BCUT2D eigenvalue weighted by atomic mass is 16.5. The van der Waals surface area contributed by atoms with Gasteiger partial charge in [0.2, 0.25) is 0 Å². The molecule has 0 radical (unpaired) electrons. The number of pyridine rings is 1. The molecule has 1 aliphatic carbocycles. The average Bonchev–Trinajstić information content (AvgIpc) is 2.87. The Labute approximate surface area is 142 Å². The molecule has 24 heavy (non-hydrogen) atoms. The first-order valence-corrected chi connectivity index (χ1v) is 8.69. The van der Waals surface area contributed by atoms with E-state index in [1.54, 1.807) is 6.20 Å². The second kappa shape index (κ2) is 6.75. The van der Waals surface area contributed by atoms with Gasteiger partial charge in [0.05, 0.1) is 12.2 Å². The Kier molecular flexibility index (Phi) is 4.69. The Morgan fingerprint density at radius 2 is 2.12 bits per heavy atom. The van der Waals surface area contributed by atoms with Crippen molar-refractivity contribution >= 4 is 22.8 Å². The summed E-state index contributed by atoms with van der Waals surface area (Å²) in [4.78, 5) is 28.5. The van der Waals surface area contributed by atoms with Gasteiger partial charge in [-0.25, -0.2) is 9.78 Å². The number of esters is 1. The van der Waals surface area contributed by atoms with E-state index >= 15 is 0 Å². The Morgan fingerprint density at radius 3 is 2.79 bits per heavy atom. The smallest absolute Gasteiger partial charge is 0.340 e. The summed E-state index contributed by atoms with van der Waals surface area (Å²) < 4.78 is 7.40. The largest absolute Gasteiger partial charge is 0.462 e. The molecule has 0 aliphatic heterocycles. The van der Waals surface area contributed by atoms with Crippen LogP contribution in [0.15, 0.2) is 18.3 Å². The van der Waals surface area contributed by atoms with Gasteiger partial charge < -0.3 is 9.30 Å². The molecule has 1 aliphatic rings. The topological polar surface area (TPSA) is 61.2 Å². The van der Waals surface area contributed by atoms with E-state index in [4.69, 9.17) is 4.74 Å². The molecular weight excluding hydrogens is 304 g/mol. The monoisotopic (exact) mass is 328 g/mol. The summed E-state index contributed by atoms with van der Waals surface area (Å²) in [6.07, 6.45) is 4.88. The third kappa shape index (κ3) is 2.83. The number of ether oxygens (including phenoxy) is 1. The van der Waals surface area contributed by atoms with E-state index in [2.05, 4.69) is 16.5 Å². The van der Waals surface area contributed by atoms with Crippen molar-refractivity contribution in [1.82, 2.24) is 9.55 Å². The molecule has 0 bridgehead atoms. The minimum atomic E-state index is -0.294. The summed E-state index contributed by atoms with van der Waals surface area (Å²) >= 11 is 0. The van der Waals surface area contributed by atoms with Crippen LogP contribution in [0.3, 0.4) is 0 Å². The molecule has 0 amide bonds. The second-order valence-electron chi connectivity index (χ2n) is 6.54. The van der Waals surface area contributed by atoms with Gasteiger partial charge >= 0.3 is 5.97 Å². The maximum absolute atomic E-state index is 12.4. The normalized spacial score (nSPS) is 17.2. The number of carbonyl (C=O) groups excluding carboxylic acids is 2. The fourth-order valence-corrected chi connectivity index (χ4v) is 3.87. The van der Waals surface area contributed by atoms with E-state index in [1.165, 1.54) is 0 Å². The fourth-order valence-electron chi connectivity index (χ4n) is 3.87. The van der Waals surface area contributed by atoms with Crippen LogP contribution in [-0.2, 0) is 9.53 Å². The molecule has 0 unspecified atom stereocenters. The van der Waals surface area contributed by atoms with Crippen molar-refractivity contribution in [3.63, 3.8) is 0 Å². The van der Waals surface area contributed by atoms with Crippen molar-refractivity contribution in [3.8, 4) is 0 Å². The molecule has 0 N–H and O–H groups in total. The molecule has 1 atom stereocenters. The van der Waals surface area contributed by atoms with Crippen LogP contribution in [0.5, 0.6) is 0 Å². The zero-order chi connectivity index (χ0) is 17.3. The third-order valence-electron chi connectivity index (χ3n) is 5.16. The van der Waals surface area contributed by atoms with Crippen LogP contribution < -0.4 is 0 Å². The molecule has 0 aromatic carbocycles. The van der Waals surface area contributed by atoms with Crippen LogP contribution in [0.4, 0.5) is 0 Å².